The van der Waals surface area contributed by atoms with Crippen molar-refractivity contribution in [2.24, 2.45) is 0 Å². The van der Waals surface area contributed by atoms with Crippen LogP contribution in [0.4, 0.5) is 4.79 Å². The fraction of sp³-hybridized carbons (Fsp3) is 0.353. The van der Waals surface area contributed by atoms with Gasteiger partial charge in [0.25, 0.3) is 0 Å². The number of carbonyl (C=O) groups excluding carboxylic acids is 2. The SMILES string of the molecule is CC(C)(C)OC(=O)NCC(=O)NCc1cccc(-n2ccnc2)c1. The topological polar surface area (TPSA) is 85.2 Å². The molecule has 0 atom stereocenters. The van der Waals surface area contributed by atoms with Gasteiger partial charge in [-0.15, -0.1) is 0 Å². The average molecular weight is 330 g/mol. The van der Waals surface area contributed by atoms with Crippen LogP contribution in [0.1, 0.15) is 26.3 Å². The molecule has 1 heterocycles. The van der Waals surface area contributed by atoms with E-state index in [0.717, 1.165) is 11.3 Å². The van der Waals surface area contributed by atoms with Gasteiger partial charge in [0.2, 0.25) is 5.91 Å². The Morgan fingerprint density at radius 1 is 1.25 bits per heavy atom. The molecule has 0 saturated carbocycles. The van der Waals surface area contributed by atoms with Gasteiger partial charge in [0.05, 0.1) is 6.33 Å². The Morgan fingerprint density at radius 2 is 2.04 bits per heavy atom. The molecular weight excluding hydrogens is 308 g/mol. The molecule has 0 unspecified atom stereocenters. The van der Waals surface area contributed by atoms with Gasteiger partial charge >= 0.3 is 6.09 Å². The molecule has 2 aromatic rings. The number of imidazole rings is 1. The van der Waals surface area contributed by atoms with E-state index in [9.17, 15) is 9.59 Å². The number of hydrogen-bond donors (Lipinski definition) is 2. The van der Waals surface area contributed by atoms with Crippen LogP contribution in [-0.2, 0) is 16.1 Å². The summed E-state index contributed by atoms with van der Waals surface area (Å²) in [5, 5.41) is 5.18. The number of amides is 2. The summed E-state index contributed by atoms with van der Waals surface area (Å²) >= 11 is 0. The molecule has 0 aliphatic heterocycles. The smallest absolute Gasteiger partial charge is 0.408 e. The molecule has 0 aliphatic rings. The van der Waals surface area contributed by atoms with E-state index < -0.39 is 11.7 Å². The number of alkyl carbamates (subject to hydrolysis) is 1. The molecule has 24 heavy (non-hydrogen) atoms. The van der Waals surface area contributed by atoms with Crippen molar-refractivity contribution in [1.29, 1.82) is 0 Å². The Morgan fingerprint density at radius 3 is 2.71 bits per heavy atom. The van der Waals surface area contributed by atoms with Gasteiger partial charge in [-0.25, -0.2) is 9.78 Å². The summed E-state index contributed by atoms with van der Waals surface area (Å²) in [4.78, 5) is 27.3. The molecule has 0 fully saturated rings. The quantitative estimate of drug-likeness (QED) is 0.878. The fourth-order valence-corrected chi connectivity index (χ4v) is 1.97. The second kappa shape index (κ2) is 7.63. The van der Waals surface area contributed by atoms with Crippen molar-refractivity contribution in [3.63, 3.8) is 0 Å². The van der Waals surface area contributed by atoms with E-state index >= 15 is 0 Å². The number of hydrogen-bond acceptors (Lipinski definition) is 4. The number of carbonyl (C=O) groups is 2. The maximum atomic E-state index is 11.8. The Labute approximate surface area is 141 Å². The number of aromatic nitrogens is 2. The van der Waals surface area contributed by atoms with Crippen LogP contribution in [0.5, 0.6) is 0 Å². The Balaban J connectivity index is 1.80. The molecule has 7 heteroatoms. The van der Waals surface area contributed by atoms with Crippen LogP contribution in [-0.4, -0.2) is 33.7 Å². The van der Waals surface area contributed by atoms with Gasteiger partial charge in [-0.3, -0.25) is 4.79 Å². The maximum absolute atomic E-state index is 11.8. The molecule has 0 saturated heterocycles. The van der Waals surface area contributed by atoms with Gasteiger partial charge < -0.3 is 19.9 Å². The van der Waals surface area contributed by atoms with Crippen molar-refractivity contribution in [3.05, 3.63) is 48.5 Å². The van der Waals surface area contributed by atoms with E-state index in [-0.39, 0.29) is 12.5 Å². The van der Waals surface area contributed by atoms with Gasteiger partial charge in [-0.05, 0) is 38.5 Å². The van der Waals surface area contributed by atoms with E-state index in [2.05, 4.69) is 15.6 Å². The average Bonchev–Trinajstić information content (AvgIpc) is 3.04. The summed E-state index contributed by atoms with van der Waals surface area (Å²) in [5.74, 6) is -0.283. The van der Waals surface area contributed by atoms with Gasteiger partial charge in [0, 0.05) is 24.6 Å². The standard InChI is InChI=1S/C17H22N4O3/c1-17(2,3)24-16(23)20-11-15(22)19-10-13-5-4-6-14(9-13)21-8-7-18-12-21/h4-9,12H,10-11H2,1-3H3,(H,19,22)(H,20,23). The van der Waals surface area contributed by atoms with Crippen LogP contribution >= 0.6 is 0 Å². The van der Waals surface area contributed by atoms with Crippen molar-refractivity contribution in [2.45, 2.75) is 32.9 Å². The molecular formula is C17H22N4O3. The summed E-state index contributed by atoms with van der Waals surface area (Å²) < 4.78 is 6.95. The lowest BCUT2D eigenvalue weighted by molar-refractivity contribution is -0.120. The van der Waals surface area contributed by atoms with Crippen LogP contribution in [0.25, 0.3) is 5.69 Å². The number of rotatable bonds is 5. The molecule has 2 rings (SSSR count). The largest absolute Gasteiger partial charge is 0.444 e. The third-order valence-corrected chi connectivity index (χ3v) is 2.99. The molecule has 0 radical (unpaired) electrons. The monoisotopic (exact) mass is 330 g/mol. The molecule has 0 aliphatic carbocycles. The summed E-state index contributed by atoms with van der Waals surface area (Å²) in [6.07, 6.45) is 4.65. The van der Waals surface area contributed by atoms with Crippen molar-refractivity contribution in [2.75, 3.05) is 6.54 Å². The van der Waals surface area contributed by atoms with Crippen LogP contribution < -0.4 is 10.6 Å². The Hall–Kier alpha value is -2.83. The highest BCUT2D eigenvalue weighted by atomic mass is 16.6. The third-order valence-electron chi connectivity index (χ3n) is 2.99. The molecule has 0 spiro atoms. The number of nitrogens with zero attached hydrogens (tertiary/aromatic N) is 2. The number of benzene rings is 1. The first kappa shape index (κ1) is 17.5. The van der Waals surface area contributed by atoms with Crippen molar-refractivity contribution >= 4 is 12.0 Å². The minimum absolute atomic E-state index is 0.129. The lowest BCUT2D eigenvalue weighted by Gasteiger charge is -2.19. The molecule has 7 nitrogen and oxygen atoms in total. The van der Waals surface area contributed by atoms with E-state index in [4.69, 9.17) is 4.74 Å². The zero-order valence-electron chi connectivity index (χ0n) is 14.1. The second-order valence-corrected chi connectivity index (χ2v) is 6.27. The normalized spacial score (nSPS) is 11.0. The third kappa shape index (κ3) is 5.75. The predicted molar refractivity (Wildman–Crippen MR) is 89.6 cm³/mol. The summed E-state index contributed by atoms with van der Waals surface area (Å²) in [6, 6.07) is 7.75. The molecule has 2 N–H and O–H groups in total. The van der Waals surface area contributed by atoms with Gasteiger partial charge in [-0.1, -0.05) is 12.1 Å². The van der Waals surface area contributed by atoms with Crippen molar-refractivity contribution < 1.29 is 14.3 Å². The molecule has 1 aromatic carbocycles. The van der Waals surface area contributed by atoms with Crippen LogP contribution in [0.2, 0.25) is 0 Å². The summed E-state index contributed by atoms with van der Waals surface area (Å²) in [6.45, 7) is 5.53. The van der Waals surface area contributed by atoms with E-state index in [1.807, 2.05) is 35.0 Å². The summed E-state index contributed by atoms with van der Waals surface area (Å²) in [7, 11) is 0. The van der Waals surface area contributed by atoms with Crippen molar-refractivity contribution in [1.82, 2.24) is 20.2 Å². The van der Waals surface area contributed by atoms with Crippen LogP contribution in [0.15, 0.2) is 43.0 Å². The first-order valence-electron chi connectivity index (χ1n) is 7.64. The Bertz CT molecular complexity index is 690. The van der Waals surface area contributed by atoms with Crippen LogP contribution in [0.3, 0.4) is 0 Å². The van der Waals surface area contributed by atoms with E-state index in [0.29, 0.717) is 6.54 Å². The summed E-state index contributed by atoms with van der Waals surface area (Å²) in [5.41, 5.74) is 1.33. The van der Waals surface area contributed by atoms with E-state index in [1.165, 1.54) is 0 Å². The maximum Gasteiger partial charge on any atom is 0.408 e. The number of nitrogens with one attached hydrogen (secondary N) is 2. The predicted octanol–water partition coefficient (Wildman–Crippen LogP) is 2.01. The minimum atomic E-state index is -0.611. The molecule has 2 amide bonds. The van der Waals surface area contributed by atoms with Crippen LogP contribution in [0, 0.1) is 0 Å². The minimum Gasteiger partial charge on any atom is -0.444 e. The zero-order chi connectivity index (χ0) is 17.6. The second-order valence-electron chi connectivity index (χ2n) is 6.27. The zero-order valence-corrected chi connectivity index (χ0v) is 14.1. The lowest BCUT2D eigenvalue weighted by Crippen LogP contribution is -2.39. The molecule has 1 aromatic heterocycles. The molecule has 0 bridgehead atoms. The van der Waals surface area contributed by atoms with Gasteiger partial charge in [0.1, 0.15) is 12.1 Å². The lowest BCUT2D eigenvalue weighted by atomic mass is 10.2. The highest BCUT2D eigenvalue weighted by Crippen LogP contribution is 2.10. The van der Waals surface area contributed by atoms with Gasteiger partial charge in [-0.2, -0.15) is 0 Å². The van der Waals surface area contributed by atoms with Crippen molar-refractivity contribution in [3.8, 4) is 5.69 Å². The van der Waals surface area contributed by atoms with E-state index in [1.54, 1.807) is 33.3 Å². The highest BCUT2D eigenvalue weighted by Gasteiger charge is 2.16. The Kier molecular flexibility index (Phi) is 5.57. The molecule has 128 valence electrons. The first-order chi connectivity index (χ1) is 11.3. The number of ether oxygens (including phenoxy) is 1. The highest BCUT2D eigenvalue weighted by molar-refractivity contribution is 5.82. The van der Waals surface area contributed by atoms with Gasteiger partial charge in [0.15, 0.2) is 0 Å². The fourth-order valence-electron chi connectivity index (χ4n) is 1.97. The first-order valence-corrected chi connectivity index (χ1v) is 7.64.